The second-order valence-electron chi connectivity index (χ2n) is 7.35. The van der Waals surface area contributed by atoms with Gasteiger partial charge in [-0.15, -0.1) is 0 Å². The number of fused-ring (bicyclic) bond motifs is 2. The molecule has 0 amide bonds. The van der Waals surface area contributed by atoms with Gasteiger partial charge in [-0.1, -0.05) is 83.4 Å². The molecule has 0 atom stereocenters. The van der Waals surface area contributed by atoms with Gasteiger partial charge in [-0.05, 0) is 38.8 Å². The average Bonchev–Trinajstić information content (AvgIpc) is 2.52. The molecule has 0 fully saturated rings. The third-order valence-corrected chi connectivity index (χ3v) is 4.39. The Morgan fingerprint density at radius 2 is 1.04 bits per heavy atom. The minimum Gasteiger partial charge on any atom is -0.456 e. The summed E-state index contributed by atoms with van der Waals surface area (Å²) >= 11 is 0. The minimum atomic E-state index is -0.0174. The van der Waals surface area contributed by atoms with Gasteiger partial charge in [-0.3, -0.25) is 0 Å². The summed E-state index contributed by atoms with van der Waals surface area (Å²) in [6.07, 6.45) is 1.25. The van der Waals surface area contributed by atoms with Crippen LogP contribution in [0, 0.1) is 27.7 Å². The second kappa shape index (κ2) is 8.56. The van der Waals surface area contributed by atoms with Crippen molar-refractivity contribution >= 4 is 0 Å². The Labute approximate surface area is 155 Å². The van der Waals surface area contributed by atoms with Crippen LogP contribution in [0.3, 0.4) is 0 Å². The zero-order valence-corrected chi connectivity index (χ0v) is 17.9. The van der Waals surface area contributed by atoms with Crippen LogP contribution < -0.4 is 4.74 Å². The first kappa shape index (κ1) is 21.3. The van der Waals surface area contributed by atoms with E-state index in [0.29, 0.717) is 0 Å². The quantitative estimate of drug-likeness (QED) is 0.475. The van der Waals surface area contributed by atoms with Gasteiger partial charge in [-0.2, -0.15) is 0 Å². The van der Waals surface area contributed by atoms with Crippen molar-refractivity contribution < 1.29 is 4.74 Å². The van der Waals surface area contributed by atoms with Crippen LogP contribution in [0.15, 0.2) is 24.3 Å². The molecule has 25 heavy (non-hydrogen) atoms. The molecule has 0 radical (unpaired) electrons. The fourth-order valence-electron chi connectivity index (χ4n) is 3.36. The average molecular weight is 341 g/mol. The summed E-state index contributed by atoms with van der Waals surface area (Å²) in [5.74, 6) is 2.08. The molecule has 0 spiro atoms. The lowest BCUT2D eigenvalue weighted by Crippen LogP contribution is -2.25. The molecule has 1 aliphatic rings. The van der Waals surface area contributed by atoms with Crippen LogP contribution in [0.25, 0.3) is 0 Å². The third-order valence-electron chi connectivity index (χ3n) is 4.39. The van der Waals surface area contributed by atoms with Crippen molar-refractivity contribution in [2.24, 2.45) is 0 Å². The Balaban J connectivity index is 0.000000567. The van der Waals surface area contributed by atoms with E-state index in [0.717, 1.165) is 11.5 Å². The Morgan fingerprint density at radius 3 is 1.36 bits per heavy atom. The van der Waals surface area contributed by atoms with E-state index in [1.807, 2.05) is 13.8 Å². The van der Waals surface area contributed by atoms with Crippen LogP contribution in [-0.2, 0) is 5.41 Å². The Bertz CT molecular complexity index is 664. The zero-order chi connectivity index (χ0) is 19.4. The number of ether oxygens (including phenoxy) is 1. The van der Waals surface area contributed by atoms with Crippen LogP contribution in [0.4, 0.5) is 0 Å². The van der Waals surface area contributed by atoms with Crippen LogP contribution >= 0.6 is 0 Å². The number of aryl methyl sites for hydroxylation is 4. The summed E-state index contributed by atoms with van der Waals surface area (Å²) in [5.41, 5.74) is 7.62. The second-order valence-corrected chi connectivity index (χ2v) is 7.35. The molecule has 0 bridgehead atoms. The van der Waals surface area contributed by atoms with E-state index in [2.05, 4.69) is 79.7 Å². The molecule has 0 N–H and O–H groups in total. The highest BCUT2D eigenvalue weighted by Crippen LogP contribution is 2.50. The SMILES string of the molecule is CC.CCC.Cc1cc(C)c2c(c1)C(C)(C)c1cc(C)cc(C)c1O2. The molecule has 2 aromatic rings. The summed E-state index contributed by atoms with van der Waals surface area (Å²) in [7, 11) is 0. The van der Waals surface area contributed by atoms with Gasteiger partial charge in [0.25, 0.3) is 0 Å². The van der Waals surface area contributed by atoms with Gasteiger partial charge in [0.05, 0.1) is 0 Å². The lowest BCUT2D eigenvalue weighted by Gasteiger charge is -2.36. The third kappa shape index (κ3) is 4.26. The van der Waals surface area contributed by atoms with Crippen molar-refractivity contribution in [1.82, 2.24) is 0 Å². The van der Waals surface area contributed by atoms with Crippen LogP contribution in [0.2, 0.25) is 0 Å². The van der Waals surface area contributed by atoms with Gasteiger partial charge < -0.3 is 4.74 Å². The van der Waals surface area contributed by atoms with Crippen molar-refractivity contribution in [3.8, 4) is 11.5 Å². The van der Waals surface area contributed by atoms with E-state index in [1.165, 1.54) is 39.8 Å². The lowest BCUT2D eigenvalue weighted by atomic mass is 9.73. The summed E-state index contributed by atoms with van der Waals surface area (Å²) in [5, 5.41) is 0. The molecule has 1 heteroatoms. The van der Waals surface area contributed by atoms with E-state index in [1.54, 1.807) is 0 Å². The molecule has 0 saturated carbocycles. The molecule has 3 rings (SSSR count). The number of hydrogen-bond acceptors (Lipinski definition) is 1. The van der Waals surface area contributed by atoms with Crippen LogP contribution in [0.5, 0.6) is 11.5 Å². The number of rotatable bonds is 0. The summed E-state index contributed by atoms with van der Waals surface area (Å²) in [4.78, 5) is 0. The van der Waals surface area contributed by atoms with Crippen molar-refractivity contribution in [3.05, 3.63) is 57.6 Å². The van der Waals surface area contributed by atoms with Crippen LogP contribution in [-0.4, -0.2) is 0 Å². The number of hydrogen-bond donors (Lipinski definition) is 0. The topological polar surface area (TPSA) is 9.23 Å². The monoisotopic (exact) mass is 340 g/mol. The summed E-state index contributed by atoms with van der Waals surface area (Å²) in [6.45, 7) is 21.4. The molecule has 0 aliphatic carbocycles. The predicted molar refractivity (Wildman–Crippen MR) is 111 cm³/mol. The standard InChI is InChI=1S/C19H22O.C3H8.C2H6/c1-11-7-13(3)17-15(9-11)19(5,6)16-10-12(2)8-14(4)18(16)20-17;1-3-2;1-2/h7-10H,1-6H3;3H2,1-2H3;1-2H3. The fraction of sp³-hybridized carbons (Fsp3) is 0.500. The highest BCUT2D eigenvalue weighted by molar-refractivity contribution is 5.62. The molecule has 2 aromatic carbocycles. The van der Waals surface area contributed by atoms with Gasteiger partial charge >= 0.3 is 0 Å². The smallest absolute Gasteiger partial charge is 0.134 e. The first-order valence-corrected chi connectivity index (χ1v) is 9.63. The maximum Gasteiger partial charge on any atom is 0.134 e. The molecule has 0 aromatic heterocycles. The Morgan fingerprint density at radius 1 is 0.720 bits per heavy atom. The lowest BCUT2D eigenvalue weighted by molar-refractivity contribution is 0.411. The molecule has 138 valence electrons. The van der Waals surface area contributed by atoms with Gasteiger partial charge in [0.2, 0.25) is 0 Å². The molecule has 0 saturated heterocycles. The minimum absolute atomic E-state index is 0.0174. The molecule has 1 nitrogen and oxygen atoms in total. The molecule has 0 unspecified atom stereocenters. The van der Waals surface area contributed by atoms with Crippen molar-refractivity contribution in [2.75, 3.05) is 0 Å². The van der Waals surface area contributed by atoms with E-state index in [-0.39, 0.29) is 5.41 Å². The maximum atomic E-state index is 6.28. The first-order chi connectivity index (χ1) is 11.7. The van der Waals surface area contributed by atoms with Crippen LogP contribution in [0.1, 0.15) is 81.3 Å². The van der Waals surface area contributed by atoms with Gasteiger partial charge in [-0.25, -0.2) is 0 Å². The summed E-state index contributed by atoms with van der Waals surface area (Å²) in [6, 6.07) is 8.93. The Hall–Kier alpha value is -1.76. The van der Waals surface area contributed by atoms with Crippen molar-refractivity contribution in [2.45, 2.75) is 81.1 Å². The normalized spacial score (nSPS) is 13.2. The molecule has 1 aliphatic heterocycles. The van der Waals surface area contributed by atoms with E-state index in [9.17, 15) is 0 Å². The maximum absolute atomic E-state index is 6.28. The Kier molecular flexibility index (Phi) is 7.29. The molecular formula is C24H36O. The highest BCUT2D eigenvalue weighted by atomic mass is 16.5. The zero-order valence-electron chi connectivity index (χ0n) is 17.9. The predicted octanol–water partition coefficient (Wildman–Crippen LogP) is 7.79. The van der Waals surface area contributed by atoms with Gasteiger partial charge in [0.1, 0.15) is 11.5 Å². The van der Waals surface area contributed by atoms with Gasteiger partial charge in [0, 0.05) is 16.5 Å². The van der Waals surface area contributed by atoms with E-state index in [4.69, 9.17) is 4.74 Å². The molecular weight excluding hydrogens is 304 g/mol. The first-order valence-electron chi connectivity index (χ1n) is 9.63. The largest absolute Gasteiger partial charge is 0.456 e. The van der Waals surface area contributed by atoms with Crippen molar-refractivity contribution in [3.63, 3.8) is 0 Å². The fourth-order valence-corrected chi connectivity index (χ4v) is 3.36. The van der Waals surface area contributed by atoms with E-state index < -0.39 is 0 Å². The highest BCUT2D eigenvalue weighted by Gasteiger charge is 2.36. The van der Waals surface area contributed by atoms with Gasteiger partial charge in [0.15, 0.2) is 0 Å². The summed E-state index contributed by atoms with van der Waals surface area (Å²) < 4.78 is 6.28. The number of benzene rings is 2. The molecule has 1 heterocycles. The van der Waals surface area contributed by atoms with Crippen molar-refractivity contribution in [1.29, 1.82) is 0 Å². The van der Waals surface area contributed by atoms with E-state index >= 15 is 0 Å².